The van der Waals surface area contributed by atoms with E-state index in [2.05, 4.69) is 9.97 Å². The summed E-state index contributed by atoms with van der Waals surface area (Å²) in [5, 5.41) is 0.840. The number of fused-ring (bicyclic) bond motifs is 1. The van der Waals surface area contributed by atoms with Crippen molar-refractivity contribution < 1.29 is 4.79 Å². The van der Waals surface area contributed by atoms with Crippen LogP contribution in [0.25, 0.3) is 16.3 Å². The average molecular weight is 309 g/mol. The Morgan fingerprint density at radius 3 is 2.77 bits per heavy atom. The Bertz CT molecular complexity index is 778. The normalized spacial score (nSPS) is 11.1. The smallest absolute Gasteiger partial charge is 0.246 e. The molecule has 3 rings (SSSR count). The number of aromatic nitrogens is 2. The van der Waals surface area contributed by atoms with Crippen molar-refractivity contribution in [2.24, 2.45) is 0 Å². The Morgan fingerprint density at radius 1 is 1.23 bits per heavy atom. The maximum atomic E-state index is 12.1. The Hall–Kier alpha value is -2.53. The summed E-state index contributed by atoms with van der Waals surface area (Å²) in [7, 11) is 1.78. The summed E-state index contributed by atoms with van der Waals surface area (Å²) < 4.78 is 1.12. The van der Waals surface area contributed by atoms with E-state index in [1.54, 1.807) is 47.8 Å². The number of nitrogens with zero attached hydrogens (tertiary/aromatic N) is 3. The summed E-state index contributed by atoms with van der Waals surface area (Å²) in [6.45, 7) is 0.561. The minimum atomic E-state index is -0.0453. The lowest BCUT2D eigenvalue weighted by Crippen LogP contribution is -2.24. The largest absolute Gasteiger partial charge is 0.338 e. The van der Waals surface area contributed by atoms with Crippen LogP contribution in [0.1, 0.15) is 10.6 Å². The Morgan fingerprint density at radius 2 is 2.00 bits per heavy atom. The van der Waals surface area contributed by atoms with Gasteiger partial charge in [0.1, 0.15) is 5.01 Å². The molecule has 110 valence electrons. The van der Waals surface area contributed by atoms with Gasteiger partial charge in [0.05, 0.1) is 10.2 Å². The molecule has 0 bridgehead atoms. The fraction of sp³-hybridized carbons (Fsp3) is 0.118. The number of hydrogen-bond donors (Lipinski definition) is 0. The van der Waals surface area contributed by atoms with Gasteiger partial charge in [0.25, 0.3) is 0 Å². The Balaban J connectivity index is 1.67. The van der Waals surface area contributed by atoms with Crippen LogP contribution in [0.2, 0.25) is 0 Å². The standard InChI is InChI=1S/C17H15N3OS/c1-20(12-13-8-10-18-11-9-13)17(21)7-6-16-19-14-4-2-3-5-15(14)22-16/h2-11H,12H2,1H3/b7-6+. The zero-order chi connectivity index (χ0) is 15.4. The number of hydrogen-bond acceptors (Lipinski definition) is 4. The van der Waals surface area contributed by atoms with Crippen LogP contribution in [0.3, 0.4) is 0 Å². The van der Waals surface area contributed by atoms with E-state index in [0.717, 1.165) is 20.8 Å². The lowest BCUT2D eigenvalue weighted by atomic mass is 10.2. The number of rotatable bonds is 4. The van der Waals surface area contributed by atoms with Crippen molar-refractivity contribution in [3.05, 3.63) is 65.4 Å². The SMILES string of the molecule is CN(Cc1ccncc1)C(=O)/C=C/c1nc2ccccc2s1. The maximum Gasteiger partial charge on any atom is 0.246 e. The minimum absolute atomic E-state index is 0.0453. The van der Waals surface area contributed by atoms with E-state index in [-0.39, 0.29) is 5.91 Å². The Labute approximate surface area is 132 Å². The number of thiazole rings is 1. The first-order valence-electron chi connectivity index (χ1n) is 6.90. The van der Waals surface area contributed by atoms with Crippen molar-refractivity contribution in [2.75, 3.05) is 7.05 Å². The van der Waals surface area contributed by atoms with Crippen LogP contribution in [0.4, 0.5) is 0 Å². The molecule has 0 aliphatic heterocycles. The number of benzene rings is 1. The van der Waals surface area contributed by atoms with E-state index < -0.39 is 0 Å². The molecule has 22 heavy (non-hydrogen) atoms. The third kappa shape index (κ3) is 3.38. The van der Waals surface area contributed by atoms with Crippen LogP contribution in [0.5, 0.6) is 0 Å². The predicted octanol–water partition coefficient (Wildman–Crippen LogP) is 3.36. The second-order valence-corrected chi connectivity index (χ2v) is 5.97. The molecule has 0 aliphatic carbocycles. The molecule has 0 N–H and O–H groups in total. The van der Waals surface area contributed by atoms with Gasteiger partial charge in [-0.3, -0.25) is 9.78 Å². The fourth-order valence-electron chi connectivity index (χ4n) is 2.07. The summed E-state index contributed by atoms with van der Waals surface area (Å²) >= 11 is 1.58. The molecular formula is C17H15N3OS. The quantitative estimate of drug-likeness (QED) is 0.694. The summed E-state index contributed by atoms with van der Waals surface area (Å²) in [6, 6.07) is 11.8. The molecule has 0 atom stereocenters. The number of pyridine rings is 1. The van der Waals surface area contributed by atoms with Gasteiger partial charge in [-0.1, -0.05) is 12.1 Å². The van der Waals surface area contributed by atoms with Crippen molar-refractivity contribution in [1.29, 1.82) is 0 Å². The van der Waals surface area contributed by atoms with Crippen molar-refractivity contribution >= 4 is 33.5 Å². The first-order valence-corrected chi connectivity index (χ1v) is 7.72. The molecule has 0 unspecified atom stereocenters. The molecule has 4 nitrogen and oxygen atoms in total. The van der Waals surface area contributed by atoms with Gasteiger partial charge in [-0.2, -0.15) is 0 Å². The highest BCUT2D eigenvalue weighted by Crippen LogP contribution is 2.22. The molecule has 0 radical (unpaired) electrons. The zero-order valence-electron chi connectivity index (χ0n) is 12.1. The molecule has 0 fully saturated rings. The topological polar surface area (TPSA) is 46.1 Å². The molecule has 5 heteroatoms. The van der Waals surface area contributed by atoms with Crippen LogP contribution >= 0.6 is 11.3 Å². The summed E-state index contributed by atoms with van der Waals surface area (Å²) in [4.78, 5) is 22.3. The van der Waals surface area contributed by atoms with Crippen LogP contribution < -0.4 is 0 Å². The molecular weight excluding hydrogens is 294 g/mol. The molecule has 2 aromatic heterocycles. The van der Waals surface area contributed by atoms with E-state index in [9.17, 15) is 4.79 Å². The highest BCUT2D eigenvalue weighted by atomic mass is 32.1. The molecule has 1 amide bonds. The first kappa shape index (κ1) is 14.4. The van der Waals surface area contributed by atoms with E-state index in [1.165, 1.54) is 0 Å². The lowest BCUT2D eigenvalue weighted by molar-refractivity contribution is -0.125. The monoisotopic (exact) mass is 309 g/mol. The first-order chi connectivity index (χ1) is 10.7. The van der Waals surface area contributed by atoms with Crippen molar-refractivity contribution in [3.63, 3.8) is 0 Å². The number of para-hydroxylation sites is 1. The Kier molecular flexibility index (Phi) is 4.25. The highest BCUT2D eigenvalue weighted by molar-refractivity contribution is 7.19. The summed E-state index contributed by atoms with van der Waals surface area (Å²) in [5.74, 6) is -0.0453. The van der Waals surface area contributed by atoms with Crippen molar-refractivity contribution in [1.82, 2.24) is 14.9 Å². The fourth-order valence-corrected chi connectivity index (χ4v) is 2.94. The number of carbonyl (C=O) groups is 1. The highest BCUT2D eigenvalue weighted by Gasteiger charge is 2.06. The van der Waals surface area contributed by atoms with E-state index >= 15 is 0 Å². The average Bonchev–Trinajstić information content (AvgIpc) is 2.96. The van der Waals surface area contributed by atoms with Crippen LogP contribution in [0.15, 0.2) is 54.9 Å². The third-order valence-electron chi connectivity index (χ3n) is 3.22. The van der Waals surface area contributed by atoms with Crippen LogP contribution in [-0.4, -0.2) is 27.8 Å². The van der Waals surface area contributed by atoms with Gasteiger partial charge in [-0.15, -0.1) is 11.3 Å². The molecule has 2 heterocycles. The van der Waals surface area contributed by atoms with Gasteiger partial charge in [-0.25, -0.2) is 4.98 Å². The lowest BCUT2D eigenvalue weighted by Gasteiger charge is -2.14. The third-order valence-corrected chi connectivity index (χ3v) is 4.23. The predicted molar refractivity (Wildman–Crippen MR) is 89.4 cm³/mol. The van der Waals surface area contributed by atoms with E-state index in [1.807, 2.05) is 36.4 Å². The number of carbonyl (C=O) groups excluding carboxylic acids is 1. The van der Waals surface area contributed by atoms with E-state index in [4.69, 9.17) is 0 Å². The van der Waals surface area contributed by atoms with Crippen molar-refractivity contribution in [2.45, 2.75) is 6.54 Å². The number of likely N-dealkylation sites (N-methyl/N-ethyl adjacent to an activating group) is 1. The van der Waals surface area contributed by atoms with Gasteiger partial charge in [0, 0.05) is 32.1 Å². The molecule has 0 aliphatic rings. The van der Waals surface area contributed by atoms with Gasteiger partial charge in [0.15, 0.2) is 0 Å². The second kappa shape index (κ2) is 6.49. The molecule has 3 aromatic rings. The van der Waals surface area contributed by atoms with Gasteiger partial charge in [0.2, 0.25) is 5.91 Å². The zero-order valence-corrected chi connectivity index (χ0v) is 13.0. The van der Waals surface area contributed by atoms with Crippen LogP contribution in [0, 0.1) is 0 Å². The second-order valence-electron chi connectivity index (χ2n) is 4.90. The summed E-state index contributed by atoms with van der Waals surface area (Å²) in [6.07, 6.45) is 6.80. The molecule has 0 saturated carbocycles. The van der Waals surface area contributed by atoms with Crippen LogP contribution in [-0.2, 0) is 11.3 Å². The number of amides is 1. The van der Waals surface area contributed by atoms with Gasteiger partial charge in [-0.05, 0) is 35.9 Å². The van der Waals surface area contributed by atoms with E-state index in [0.29, 0.717) is 6.54 Å². The minimum Gasteiger partial charge on any atom is -0.338 e. The van der Waals surface area contributed by atoms with Crippen molar-refractivity contribution in [3.8, 4) is 0 Å². The molecule has 0 saturated heterocycles. The summed E-state index contributed by atoms with van der Waals surface area (Å²) in [5.41, 5.74) is 2.02. The van der Waals surface area contributed by atoms with Gasteiger partial charge < -0.3 is 4.90 Å². The van der Waals surface area contributed by atoms with Gasteiger partial charge >= 0.3 is 0 Å². The molecule has 0 spiro atoms. The molecule has 1 aromatic carbocycles. The maximum absolute atomic E-state index is 12.1.